The smallest absolute Gasteiger partial charge is 0.457 e. The number of hydrogen-bond acceptors (Lipinski definition) is 8. The van der Waals surface area contributed by atoms with Crippen LogP contribution in [0.5, 0.6) is 0 Å². The third-order valence-electron chi connectivity index (χ3n) is 12.8. The number of phosphoric ester groups is 1. The fourth-order valence-corrected chi connectivity index (χ4v) is 9.22. The summed E-state index contributed by atoms with van der Waals surface area (Å²) in [7, 11) is -4.53. The van der Waals surface area contributed by atoms with Gasteiger partial charge in [-0.15, -0.1) is 0 Å². The lowest BCUT2D eigenvalue weighted by Gasteiger charge is -2.20. The van der Waals surface area contributed by atoms with E-state index in [0.717, 1.165) is 51.4 Å². The van der Waals surface area contributed by atoms with Gasteiger partial charge in [0.25, 0.3) is 0 Å². The monoisotopic (exact) mass is 983 g/mol. The summed E-state index contributed by atoms with van der Waals surface area (Å²) in [6.45, 7) is 3.56. The first-order valence-corrected chi connectivity index (χ1v) is 30.5. The second kappa shape index (κ2) is 55.0. The Morgan fingerprint density at radius 3 is 1.19 bits per heavy atom. The summed E-state index contributed by atoms with van der Waals surface area (Å²) in [6.07, 6.45) is 64.1. The molecule has 0 saturated carbocycles. The van der Waals surface area contributed by atoms with Crippen molar-refractivity contribution >= 4 is 13.8 Å². The molecular weight excluding hydrogens is 872 g/mol. The van der Waals surface area contributed by atoms with E-state index in [1.807, 2.05) is 0 Å². The molecular formula is C58H111O9P. The van der Waals surface area contributed by atoms with Crippen LogP contribution in [-0.4, -0.2) is 66.3 Å². The van der Waals surface area contributed by atoms with Gasteiger partial charge in [0, 0.05) is 13.0 Å². The van der Waals surface area contributed by atoms with Crippen molar-refractivity contribution in [3.63, 3.8) is 0 Å². The van der Waals surface area contributed by atoms with Crippen LogP contribution in [0.4, 0.5) is 0 Å². The summed E-state index contributed by atoms with van der Waals surface area (Å²) in [5.74, 6) is -0.378. The fourth-order valence-electron chi connectivity index (χ4n) is 8.43. The van der Waals surface area contributed by atoms with Gasteiger partial charge in [0.2, 0.25) is 0 Å². The van der Waals surface area contributed by atoms with Gasteiger partial charge in [-0.05, 0) is 51.4 Å². The Hall–Kier alpha value is -1.32. The van der Waals surface area contributed by atoms with Crippen LogP contribution in [0.1, 0.15) is 284 Å². The lowest BCUT2D eigenvalue weighted by molar-refractivity contribution is -0.154. The summed E-state index contributed by atoms with van der Waals surface area (Å²) in [5, 5.41) is 18.5. The van der Waals surface area contributed by atoms with E-state index in [9.17, 15) is 19.4 Å². The van der Waals surface area contributed by atoms with Crippen molar-refractivity contribution in [2.45, 2.75) is 296 Å². The van der Waals surface area contributed by atoms with Crippen molar-refractivity contribution in [3.05, 3.63) is 36.5 Å². The average molecular weight is 983 g/mol. The van der Waals surface area contributed by atoms with Gasteiger partial charge in [-0.2, -0.15) is 0 Å². The first-order valence-electron chi connectivity index (χ1n) is 29.0. The van der Waals surface area contributed by atoms with Crippen molar-refractivity contribution in [1.29, 1.82) is 0 Å². The Labute approximate surface area is 420 Å². The lowest BCUT2D eigenvalue weighted by atomic mass is 10.0. The van der Waals surface area contributed by atoms with E-state index in [-0.39, 0.29) is 25.6 Å². The third-order valence-corrected chi connectivity index (χ3v) is 13.8. The molecule has 0 amide bonds. The number of ether oxygens (including phenoxy) is 2. The largest absolute Gasteiger partial charge is 0.472 e. The minimum Gasteiger partial charge on any atom is -0.457 e. The minimum atomic E-state index is -4.53. The normalized spacial score (nSPS) is 13.9. The van der Waals surface area contributed by atoms with E-state index >= 15 is 0 Å². The molecule has 3 N–H and O–H groups in total. The van der Waals surface area contributed by atoms with Crippen LogP contribution in [0.2, 0.25) is 0 Å². The van der Waals surface area contributed by atoms with Crippen molar-refractivity contribution in [1.82, 2.24) is 0 Å². The molecule has 0 aliphatic carbocycles. The molecule has 0 bridgehead atoms. The van der Waals surface area contributed by atoms with Gasteiger partial charge in [-0.1, -0.05) is 262 Å². The molecule has 402 valence electrons. The molecule has 9 nitrogen and oxygen atoms in total. The Bertz CT molecular complexity index is 1160. The predicted molar refractivity (Wildman–Crippen MR) is 288 cm³/mol. The number of carbonyl (C=O) groups excluding carboxylic acids is 1. The Balaban J connectivity index is 4.00. The van der Waals surface area contributed by atoms with Gasteiger partial charge in [-0.3, -0.25) is 13.8 Å². The molecule has 0 radical (unpaired) electrons. The van der Waals surface area contributed by atoms with Crippen molar-refractivity contribution in [3.8, 4) is 0 Å². The molecule has 0 aliphatic heterocycles. The number of phosphoric acid groups is 1. The molecule has 0 aromatic rings. The SMILES string of the molecule is CCCCCCC/C=C\C/C=C\C/C=C\CCCCCCCCCCCOCC(COP(=O)(O)OCC(O)CO)OC(=O)CCCCCCCCCCCCCCCCCCCCCCCCC. The highest BCUT2D eigenvalue weighted by Crippen LogP contribution is 2.43. The van der Waals surface area contributed by atoms with E-state index in [1.54, 1.807) is 0 Å². The van der Waals surface area contributed by atoms with Crippen molar-refractivity contribution in [2.75, 3.05) is 33.0 Å². The molecule has 3 unspecified atom stereocenters. The Morgan fingerprint density at radius 1 is 0.456 bits per heavy atom. The standard InChI is InChI=1S/C58H111O9P/c1-3-5-7-9-11-13-15-17-19-21-23-25-27-29-31-33-35-37-39-41-43-45-47-49-51-64-54-57(55-66-68(62,63)65-53-56(60)52-59)67-58(61)50-48-46-44-42-40-38-36-34-32-30-28-26-24-22-20-18-16-14-12-10-8-6-4-2/h15,17,21,23,27,29,56-57,59-60H,3-14,16,18-20,22,24-26,28,30-55H2,1-2H3,(H,62,63)/b17-15-,23-21-,29-27-. The van der Waals surface area contributed by atoms with Crippen LogP contribution in [-0.2, 0) is 27.9 Å². The van der Waals surface area contributed by atoms with E-state index in [1.165, 1.54) is 212 Å². The number of allylic oxidation sites excluding steroid dienone is 6. The van der Waals surface area contributed by atoms with Gasteiger partial charge in [0.05, 0.1) is 26.4 Å². The van der Waals surface area contributed by atoms with Crippen LogP contribution >= 0.6 is 7.82 Å². The summed E-state index contributed by atoms with van der Waals surface area (Å²) in [6, 6.07) is 0. The van der Waals surface area contributed by atoms with Gasteiger partial charge < -0.3 is 24.6 Å². The molecule has 0 fully saturated rings. The molecule has 0 aromatic carbocycles. The molecule has 0 saturated heterocycles. The quantitative estimate of drug-likeness (QED) is 0.0236. The number of esters is 1. The molecule has 0 aliphatic rings. The minimum absolute atomic E-state index is 0.0489. The van der Waals surface area contributed by atoms with E-state index in [0.29, 0.717) is 6.61 Å². The topological polar surface area (TPSA) is 132 Å². The number of carbonyl (C=O) groups is 1. The van der Waals surface area contributed by atoms with Crippen LogP contribution in [0.15, 0.2) is 36.5 Å². The second-order valence-electron chi connectivity index (χ2n) is 19.7. The van der Waals surface area contributed by atoms with E-state index in [4.69, 9.17) is 23.6 Å². The zero-order valence-corrected chi connectivity index (χ0v) is 45.5. The van der Waals surface area contributed by atoms with E-state index < -0.39 is 33.2 Å². The highest BCUT2D eigenvalue weighted by atomic mass is 31.2. The lowest BCUT2D eigenvalue weighted by Crippen LogP contribution is -2.29. The Kier molecular flexibility index (Phi) is 53.9. The highest BCUT2D eigenvalue weighted by Gasteiger charge is 2.26. The maximum absolute atomic E-state index is 12.7. The average Bonchev–Trinajstić information content (AvgIpc) is 3.33. The Morgan fingerprint density at radius 2 is 0.794 bits per heavy atom. The highest BCUT2D eigenvalue weighted by molar-refractivity contribution is 7.47. The fraction of sp³-hybridized carbons (Fsp3) is 0.879. The molecule has 0 heterocycles. The van der Waals surface area contributed by atoms with Crippen molar-refractivity contribution < 1.29 is 43.0 Å². The maximum Gasteiger partial charge on any atom is 0.472 e. The van der Waals surface area contributed by atoms with Gasteiger partial charge >= 0.3 is 13.8 Å². The molecule has 0 aromatic heterocycles. The zero-order valence-electron chi connectivity index (χ0n) is 44.6. The molecule has 10 heteroatoms. The molecule has 3 atom stereocenters. The number of unbranched alkanes of at least 4 members (excludes halogenated alkanes) is 36. The van der Waals surface area contributed by atoms with Gasteiger partial charge in [0.1, 0.15) is 12.2 Å². The van der Waals surface area contributed by atoms with E-state index in [2.05, 4.69) is 50.3 Å². The predicted octanol–water partition coefficient (Wildman–Crippen LogP) is 17.5. The van der Waals surface area contributed by atoms with Crippen LogP contribution in [0, 0.1) is 0 Å². The third kappa shape index (κ3) is 54.0. The van der Waals surface area contributed by atoms with Gasteiger partial charge in [-0.25, -0.2) is 4.57 Å². The van der Waals surface area contributed by atoms with Crippen molar-refractivity contribution in [2.24, 2.45) is 0 Å². The zero-order chi connectivity index (χ0) is 49.5. The number of aliphatic hydroxyl groups is 2. The summed E-state index contributed by atoms with van der Waals surface area (Å²) in [4.78, 5) is 22.8. The molecule has 0 spiro atoms. The van der Waals surface area contributed by atoms with Gasteiger partial charge in [0.15, 0.2) is 0 Å². The maximum atomic E-state index is 12.7. The summed E-state index contributed by atoms with van der Waals surface area (Å²) in [5.41, 5.74) is 0. The molecule has 68 heavy (non-hydrogen) atoms. The number of hydrogen-bond donors (Lipinski definition) is 3. The first kappa shape index (κ1) is 66.7. The molecule has 0 rings (SSSR count). The summed E-state index contributed by atoms with van der Waals surface area (Å²) < 4.78 is 33.6. The number of rotatable bonds is 56. The second-order valence-corrected chi connectivity index (χ2v) is 21.1. The number of aliphatic hydroxyl groups excluding tert-OH is 2. The first-order chi connectivity index (χ1) is 33.3. The summed E-state index contributed by atoms with van der Waals surface area (Å²) >= 11 is 0. The van der Waals surface area contributed by atoms with Crippen LogP contribution < -0.4 is 0 Å². The van der Waals surface area contributed by atoms with Crippen LogP contribution in [0.25, 0.3) is 0 Å². The van der Waals surface area contributed by atoms with Crippen LogP contribution in [0.3, 0.4) is 0 Å².